The number of benzene rings is 2. The Hall–Kier alpha value is -1.80. The van der Waals surface area contributed by atoms with Gasteiger partial charge in [-0.15, -0.1) is 0 Å². The minimum atomic E-state index is -0.294. The molecule has 0 saturated carbocycles. The van der Waals surface area contributed by atoms with Crippen LogP contribution in [0.3, 0.4) is 0 Å². The van der Waals surface area contributed by atoms with Crippen LogP contribution in [0.15, 0.2) is 54.6 Å². The Bertz CT molecular complexity index is 623. The second-order valence-electron chi connectivity index (χ2n) is 8.09. The molecule has 0 aliphatic rings. The molecule has 0 unspecified atom stereocenters. The lowest BCUT2D eigenvalue weighted by Gasteiger charge is -2.10. The highest BCUT2D eigenvalue weighted by Crippen LogP contribution is 2.16. The van der Waals surface area contributed by atoms with Crippen molar-refractivity contribution < 1.29 is 10.2 Å². The summed E-state index contributed by atoms with van der Waals surface area (Å²) in [4.78, 5) is 0. The highest BCUT2D eigenvalue weighted by atomic mass is 16.3. The standard InChI is InChI=1S/C26H38O2/c27-25(21-24-18-14-20-26(28)22-24)19-13-8-6-4-2-1-3-5-7-10-15-23-16-11-9-12-17-23/h9,11-12,14,16-18,20,22,25,27-28H,1-8,10,13,15,19,21H2/t25-/m1/s1. The highest BCUT2D eigenvalue weighted by molar-refractivity contribution is 5.27. The molecule has 0 heterocycles. The maximum atomic E-state index is 10.1. The van der Waals surface area contributed by atoms with Gasteiger partial charge in [-0.25, -0.2) is 0 Å². The van der Waals surface area contributed by atoms with E-state index < -0.39 is 0 Å². The molecule has 2 aromatic carbocycles. The molecule has 0 saturated heterocycles. The Kier molecular flexibility index (Phi) is 11.4. The summed E-state index contributed by atoms with van der Waals surface area (Å²) in [6.07, 6.45) is 15.5. The Balaban J connectivity index is 1.35. The summed E-state index contributed by atoms with van der Waals surface area (Å²) in [5, 5.41) is 19.6. The van der Waals surface area contributed by atoms with Crippen LogP contribution in [0.2, 0.25) is 0 Å². The van der Waals surface area contributed by atoms with E-state index in [9.17, 15) is 10.2 Å². The molecule has 0 bridgehead atoms. The molecule has 0 aliphatic heterocycles. The van der Waals surface area contributed by atoms with E-state index in [1.165, 1.54) is 69.8 Å². The summed E-state index contributed by atoms with van der Waals surface area (Å²) in [6.45, 7) is 0. The van der Waals surface area contributed by atoms with Gasteiger partial charge in [0.05, 0.1) is 6.10 Å². The Morgan fingerprint density at radius 2 is 1.18 bits per heavy atom. The smallest absolute Gasteiger partial charge is 0.115 e. The summed E-state index contributed by atoms with van der Waals surface area (Å²) in [7, 11) is 0. The quantitative estimate of drug-likeness (QED) is 0.331. The Labute approximate surface area is 171 Å². The van der Waals surface area contributed by atoms with E-state index in [0.29, 0.717) is 6.42 Å². The van der Waals surface area contributed by atoms with Crippen molar-refractivity contribution in [1.82, 2.24) is 0 Å². The summed E-state index contributed by atoms with van der Waals surface area (Å²) in [5.41, 5.74) is 2.48. The normalized spacial score (nSPS) is 12.2. The van der Waals surface area contributed by atoms with Crippen molar-refractivity contribution in [3.05, 3.63) is 65.7 Å². The highest BCUT2D eigenvalue weighted by Gasteiger charge is 2.06. The van der Waals surface area contributed by atoms with Gasteiger partial charge in [0.2, 0.25) is 0 Å². The summed E-state index contributed by atoms with van der Waals surface area (Å²) in [6, 6.07) is 18.0. The van der Waals surface area contributed by atoms with Gasteiger partial charge >= 0.3 is 0 Å². The van der Waals surface area contributed by atoms with Crippen molar-refractivity contribution in [1.29, 1.82) is 0 Å². The fraction of sp³-hybridized carbons (Fsp3) is 0.538. The zero-order valence-corrected chi connectivity index (χ0v) is 17.4. The number of hydrogen-bond donors (Lipinski definition) is 2. The molecule has 2 aromatic rings. The molecule has 0 radical (unpaired) electrons. The van der Waals surface area contributed by atoms with E-state index in [1.807, 2.05) is 12.1 Å². The number of phenols is 1. The van der Waals surface area contributed by atoms with Crippen LogP contribution in [0.25, 0.3) is 0 Å². The molecule has 0 aromatic heterocycles. The van der Waals surface area contributed by atoms with Crippen LogP contribution in [0.5, 0.6) is 5.75 Å². The van der Waals surface area contributed by atoms with Gasteiger partial charge in [-0.2, -0.15) is 0 Å². The summed E-state index contributed by atoms with van der Waals surface area (Å²) < 4.78 is 0. The third kappa shape index (κ3) is 10.5. The van der Waals surface area contributed by atoms with Gasteiger partial charge in [-0.3, -0.25) is 0 Å². The first-order chi connectivity index (χ1) is 13.7. The van der Waals surface area contributed by atoms with Crippen LogP contribution in [-0.4, -0.2) is 16.3 Å². The Morgan fingerprint density at radius 1 is 0.607 bits per heavy atom. The molecule has 0 spiro atoms. The van der Waals surface area contributed by atoms with E-state index in [1.54, 1.807) is 12.1 Å². The molecule has 0 aliphatic carbocycles. The monoisotopic (exact) mass is 382 g/mol. The second-order valence-corrected chi connectivity index (χ2v) is 8.09. The lowest BCUT2D eigenvalue weighted by Crippen LogP contribution is -2.10. The van der Waals surface area contributed by atoms with Crippen LogP contribution in [0.4, 0.5) is 0 Å². The second kappa shape index (κ2) is 14.2. The molecule has 2 N–H and O–H groups in total. The number of phenolic OH excluding ortho intramolecular Hbond substituents is 1. The third-order valence-corrected chi connectivity index (χ3v) is 5.48. The van der Waals surface area contributed by atoms with Crippen LogP contribution in [0, 0.1) is 0 Å². The van der Waals surface area contributed by atoms with Crippen LogP contribution < -0.4 is 0 Å². The third-order valence-electron chi connectivity index (χ3n) is 5.48. The first-order valence-electron chi connectivity index (χ1n) is 11.2. The fourth-order valence-corrected chi connectivity index (χ4v) is 3.83. The largest absolute Gasteiger partial charge is 0.508 e. The van der Waals surface area contributed by atoms with Gasteiger partial charge in [0.25, 0.3) is 0 Å². The van der Waals surface area contributed by atoms with Crippen LogP contribution in [0.1, 0.15) is 81.8 Å². The van der Waals surface area contributed by atoms with Crippen molar-refractivity contribution in [3.63, 3.8) is 0 Å². The van der Waals surface area contributed by atoms with Crippen molar-refractivity contribution in [3.8, 4) is 5.75 Å². The van der Waals surface area contributed by atoms with Gasteiger partial charge < -0.3 is 10.2 Å². The van der Waals surface area contributed by atoms with E-state index in [2.05, 4.69) is 30.3 Å². The number of unbranched alkanes of at least 4 members (excludes halogenated alkanes) is 9. The van der Waals surface area contributed by atoms with Crippen molar-refractivity contribution >= 4 is 0 Å². The van der Waals surface area contributed by atoms with E-state index in [-0.39, 0.29) is 11.9 Å². The van der Waals surface area contributed by atoms with E-state index in [4.69, 9.17) is 0 Å². The number of aliphatic hydroxyl groups is 1. The van der Waals surface area contributed by atoms with Crippen molar-refractivity contribution in [2.75, 3.05) is 0 Å². The predicted molar refractivity (Wildman–Crippen MR) is 119 cm³/mol. The maximum absolute atomic E-state index is 10.1. The maximum Gasteiger partial charge on any atom is 0.115 e. The lowest BCUT2D eigenvalue weighted by molar-refractivity contribution is 0.161. The fourth-order valence-electron chi connectivity index (χ4n) is 3.83. The van der Waals surface area contributed by atoms with Gasteiger partial charge in [-0.1, -0.05) is 100 Å². The molecule has 0 fully saturated rings. The average molecular weight is 383 g/mol. The molecule has 2 nitrogen and oxygen atoms in total. The number of aliphatic hydroxyl groups excluding tert-OH is 1. The minimum absolute atomic E-state index is 0.279. The first-order valence-corrected chi connectivity index (χ1v) is 11.2. The summed E-state index contributed by atoms with van der Waals surface area (Å²) in [5.74, 6) is 0.279. The molecule has 1 atom stereocenters. The van der Waals surface area contributed by atoms with Crippen LogP contribution in [-0.2, 0) is 12.8 Å². The molecular formula is C26H38O2. The van der Waals surface area contributed by atoms with Crippen molar-refractivity contribution in [2.24, 2.45) is 0 Å². The molecule has 154 valence electrons. The number of aryl methyl sites for hydroxylation is 1. The van der Waals surface area contributed by atoms with Gasteiger partial charge in [0.1, 0.15) is 5.75 Å². The predicted octanol–water partition coefficient (Wildman–Crippen LogP) is 6.83. The lowest BCUT2D eigenvalue weighted by atomic mass is 10.0. The zero-order chi connectivity index (χ0) is 19.9. The number of rotatable bonds is 15. The topological polar surface area (TPSA) is 40.5 Å². The van der Waals surface area contributed by atoms with Gasteiger partial charge in [-0.05, 0) is 48.9 Å². The molecule has 2 heteroatoms. The molecule has 0 amide bonds. The Morgan fingerprint density at radius 3 is 1.82 bits per heavy atom. The SMILES string of the molecule is Oc1cccc(C[C@H](O)CCCCCCCCCCCCc2ccccc2)c1. The first kappa shape index (κ1) is 22.5. The van der Waals surface area contributed by atoms with Crippen LogP contribution >= 0.6 is 0 Å². The molecule has 2 rings (SSSR count). The van der Waals surface area contributed by atoms with Gasteiger partial charge in [0, 0.05) is 0 Å². The molecule has 28 heavy (non-hydrogen) atoms. The number of hydrogen-bond acceptors (Lipinski definition) is 2. The van der Waals surface area contributed by atoms with E-state index in [0.717, 1.165) is 18.4 Å². The van der Waals surface area contributed by atoms with Crippen molar-refractivity contribution in [2.45, 2.75) is 89.6 Å². The van der Waals surface area contributed by atoms with E-state index >= 15 is 0 Å². The number of aromatic hydroxyl groups is 1. The molecular weight excluding hydrogens is 344 g/mol. The average Bonchev–Trinajstić information content (AvgIpc) is 2.69. The zero-order valence-electron chi connectivity index (χ0n) is 17.4. The minimum Gasteiger partial charge on any atom is -0.508 e. The summed E-state index contributed by atoms with van der Waals surface area (Å²) >= 11 is 0. The van der Waals surface area contributed by atoms with Gasteiger partial charge in [0.15, 0.2) is 0 Å².